The average molecular weight is 366 g/mol. The lowest BCUT2D eigenvalue weighted by Crippen LogP contribution is -2.27. The third-order valence-electron chi connectivity index (χ3n) is 3.07. The minimum Gasteiger partial charge on any atom is -0.355 e. The molecule has 23 heavy (non-hydrogen) atoms. The summed E-state index contributed by atoms with van der Waals surface area (Å²) in [4.78, 5) is 11.8. The van der Waals surface area contributed by atoms with Crippen LogP contribution in [0.3, 0.4) is 0 Å². The molecule has 0 spiro atoms. The number of halogens is 1. The van der Waals surface area contributed by atoms with E-state index in [2.05, 4.69) is 29.6 Å². The number of hydrogen-bond acceptors (Lipinski definition) is 3. The van der Waals surface area contributed by atoms with Crippen LogP contribution in [0.4, 0.5) is 0 Å². The van der Waals surface area contributed by atoms with Gasteiger partial charge in [-0.25, -0.2) is 0 Å². The molecule has 2 aromatic carbocycles. The molecule has 0 atom stereocenters. The Morgan fingerprint density at radius 1 is 0.957 bits per heavy atom. The zero-order chi connectivity index (χ0) is 16.3. The number of benzene rings is 2. The molecule has 2 aromatic rings. The van der Waals surface area contributed by atoms with E-state index in [-0.39, 0.29) is 5.91 Å². The van der Waals surface area contributed by atoms with Crippen molar-refractivity contribution in [3.63, 3.8) is 0 Å². The van der Waals surface area contributed by atoms with Crippen molar-refractivity contribution in [2.45, 2.75) is 11.5 Å². The highest BCUT2D eigenvalue weighted by Crippen LogP contribution is 2.16. The Morgan fingerprint density at radius 2 is 1.70 bits per heavy atom. The van der Waals surface area contributed by atoms with Gasteiger partial charge in [-0.05, 0) is 23.3 Å². The van der Waals surface area contributed by atoms with Crippen molar-refractivity contribution in [3.8, 4) is 0 Å². The molecule has 122 valence electrons. The molecule has 1 N–H and O–H groups in total. The van der Waals surface area contributed by atoms with Crippen LogP contribution in [0, 0.1) is 0 Å². The van der Waals surface area contributed by atoms with Gasteiger partial charge < -0.3 is 5.32 Å². The number of amides is 1. The van der Waals surface area contributed by atoms with E-state index < -0.39 is 0 Å². The maximum atomic E-state index is 11.8. The van der Waals surface area contributed by atoms with Gasteiger partial charge in [0.15, 0.2) is 0 Å². The number of carbonyl (C=O) groups is 1. The molecule has 1 amide bonds. The quantitative estimate of drug-likeness (QED) is 0.657. The predicted molar refractivity (Wildman–Crippen MR) is 103 cm³/mol. The van der Waals surface area contributed by atoms with Gasteiger partial charge in [-0.1, -0.05) is 54.1 Å². The second-order valence-electron chi connectivity index (χ2n) is 5.01. The second kappa shape index (κ2) is 10.6. The lowest BCUT2D eigenvalue weighted by Gasteiger charge is -2.06. The van der Waals surface area contributed by atoms with Gasteiger partial charge in [-0.3, -0.25) is 4.79 Å². The maximum Gasteiger partial charge on any atom is 0.230 e. The van der Waals surface area contributed by atoms with Crippen molar-refractivity contribution in [2.24, 2.45) is 0 Å². The first-order chi connectivity index (χ1) is 11.2. The van der Waals surface area contributed by atoms with Gasteiger partial charge in [0.05, 0.1) is 5.75 Å². The summed E-state index contributed by atoms with van der Waals surface area (Å²) in [6.45, 7) is 0.716. The van der Waals surface area contributed by atoms with E-state index >= 15 is 0 Å². The Labute approximate surface area is 151 Å². The van der Waals surface area contributed by atoms with Gasteiger partial charge in [0, 0.05) is 28.8 Å². The highest BCUT2D eigenvalue weighted by molar-refractivity contribution is 7.99. The molecule has 0 unspecified atom stereocenters. The Kier molecular flexibility index (Phi) is 8.43. The summed E-state index contributed by atoms with van der Waals surface area (Å²) < 4.78 is 0. The summed E-state index contributed by atoms with van der Waals surface area (Å²) >= 11 is 9.38. The summed E-state index contributed by atoms with van der Waals surface area (Å²) in [7, 11) is 0. The molecule has 0 aliphatic carbocycles. The van der Waals surface area contributed by atoms with Crippen LogP contribution in [0.1, 0.15) is 11.1 Å². The van der Waals surface area contributed by atoms with Crippen molar-refractivity contribution in [3.05, 3.63) is 70.7 Å². The first-order valence-electron chi connectivity index (χ1n) is 7.44. The van der Waals surface area contributed by atoms with E-state index in [1.807, 2.05) is 42.1 Å². The smallest absolute Gasteiger partial charge is 0.230 e. The zero-order valence-electron chi connectivity index (χ0n) is 12.8. The van der Waals surface area contributed by atoms with Gasteiger partial charge >= 0.3 is 0 Å². The van der Waals surface area contributed by atoms with Crippen molar-refractivity contribution in [1.82, 2.24) is 5.32 Å². The lowest BCUT2D eigenvalue weighted by molar-refractivity contribution is -0.118. The fourth-order valence-electron chi connectivity index (χ4n) is 1.97. The molecule has 0 aromatic heterocycles. The van der Waals surface area contributed by atoms with Gasteiger partial charge in [-0.15, -0.1) is 11.8 Å². The lowest BCUT2D eigenvalue weighted by atomic mass is 10.2. The van der Waals surface area contributed by atoms with Crippen LogP contribution in [0.25, 0.3) is 0 Å². The van der Waals surface area contributed by atoms with Gasteiger partial charge in [0.2, 0.25) is 5.91 Å². The summed E-state index contributed by atoms with van der Waals surface area (Å²) in [5.74, 6) is 3.30. The molecule has 0 heterocycles. The van der Waals surface area contributed by atoms with Crippen molar-refractivity contribution in [1.29, 1.82) is 0 Å². The molecular weight excluding hydrogens is 346 g/mol. The Morgan fingerprint density at radius 3 is 2.48 bits per heavy atom. The van der Waals surface area contributed by atoms with Crippen LogP contribution >= 0.6 is 35.1 Å². The van der Waals surface area contributed by atoms with E-state index in [4.69, 9.17) is 11.6 Å². The van der Waals surface area contributed by atoms with Crippen molar-refractivity contribution >= 4 is 41.0 Å². The fourth-order valence-corrected chi connectivity index (χ4v) is 3.80. The van der Waals surface area contributed by atoms with Crippen LogP contribution in [-0.4, -0.2) is 24.0 Å². The molecule has 2 rings (SSSR count). The number of hydrogen-bond donors (Lipinski definition) is 1. The Hall–Kier alpha value is -1.10. The fraction of sp³-hybridized carbons (Fsp3) is 0.278. The van der Waals surface area contributed by atoms with Gasteiger partial charge in [0.1, 0.15) is 0 Å². The summed E-state index contributed by atoms with van der Waals surface area (Å²) in [5.41, 5.74) is 2.47. The highest BCUT2D eigenvalue weighted by Gasteiger charge is 2.02. The Balaban J connectivity index is 1.52. The van der Waals surface area contributed by atoms with E-state index in [0.717, 1.165) is 27.8 Å². The van der Waals surface area contributed by atoms with E-state index in [1.165, 1.54) is 5.56 Å². The molecule has 0 bridgehead atoms. The highest BCUT2D eigenvalue weighted by atomic mass is 35.5. The van der Waals surface area contributed by atoms with Crippen LogP contribution < -0.4 is 5.32 Å². The largest absolute Gasteiger partial charge is 0.355 e. The van der Waals surface area contributed by atoms with Crippen LogP contribution in [-0.2, 0) is 16.3 Å². The second-order valence-corrected chi connectivity index (χ2v) is 7.54. The first kappa shape index (κ1) is 18.2. The van der Waals surface area contributed by atoms with Gasteiger partial charge in [-0.2, -0.15) is 11.8 Å². The molecule has 0 aliphatic rings. The minimum atomic E-state index is 0.0948. The number of thioether (sulfide) groups is 2. The summed E-state index contributed by atoms with van der Waals surface area (Å²) in [6, 6.07) is 18.1. The molecule has 0 aliphatic heterocycles. The summed E-state index contributed by atoms with van der Waals surface area (Å²) in [5, 5.41) is 3.70. The third-order valence-corrected chi connectivity index (χ3v) is 5.34. The van der Waals surface area contributed by atoms with E-state index in [1.54, 1.807) is 11.8 Å². The number of rotatable bonds is 9. The zero-order valence-corrected chi connectivity index (χ0v) is 15.2. The molecule has 5 heteroatoms. The van der Waals surface area contributed by atoms with Crippen LogP contribution in [0.2, 0.25) is 5.02 Å². The SMILES string of the molecule is O=C(CSCc1cccc(Cl)c1)NCCSCc1ccccc1. The molecule has 0 saturated heterocycles. The molecule has 0 saturated carbocycles. The standard InChI is InChI=1S/C18H20ClNOS2/c19-17-8-4-7-16(11-17)13-23-14-18(21)20-9-10-22-12-15-5-2-1-3-6-15/h1-8,11H,9-10,12-14H2,(H,20,21). The first-order valence-corrected chi connectivity index (χ1v) is 10.1. The van der Waals surface area contributed by atoms with Crippen LogP contribution in [0.15, 0.2) is 54.6 Å². The minimum absolute atomic E-state index is 0.0948. The normalized spacial score (nSPS) is 10.5. The number of nitrogens with one attached hydrogen (secondary N) is 1. The Bertz CT molecular complexity index is 607. The maximum absolute atomic E-state index is 11.8. The molecular formula is C18H20ClNOS2. The van der Waals surface area contributed by atoms with Gasteiger partial charge in [0.25, 0.3) is 0 Å². The third kappa shape index (κ3) is 7.82. The summed E-state index contributed by atoms with van der Waals surface area (Å²) in [6.07, 6.45) is 0. The predicted octanol–water partition coefficient (Wildman–Crippen LogP) is 4.62. The molecule has 0 radical (unpaired) electrons. The van der Waals surface area contributed by atoms with Crippen molar-refractivity contribution < 1.29 is 4.79 Å². The average Bonchev–Trinajstić information content (AvgIpc) is 2.55. The van der Waals surface area contributed by atoms with Crippen molar-refractivity contribution in [2.75, 3.05) is 18.1 Å². The van der Waals surface area contributed by atoms with Crippen LogP contribution in [0.5, 0.6) is 0 Å². The monoisotopic (exact) mass is 365 g/mol. The topological polar surface area (TPSA) is 29.1 Å². The number of carbonyl (C=O) groups excluding carboxylic acids is 1. The molecule has 0 fully saturated rings. The van der Waals surface area contributed by atoms with E-state index in [9.17, 15) is 4.79 Å². The molecule has 2 nitrogen and oxygen atoms in total. The van der Waals surface area contributed by atoms with E-state index in [0.29, 0.717) is 12.3 Å².